The monoisotopic (exact) mass is 398 g/mol. The SMILES string of the molecule is O=C(O)Cn1ccc([C@@H]2CCCN(C(=O)c3ccc4cccc(Cl)c4n3)C2)n1. The number of para-hydroxylation sites is 1. The molecule has 0 radical (unpaired) electrons. The maximum Gasteiger partial charge on any atom is 0.325 e. The Morgan fingerprint density at radius 3 is 2.89 bits per heavy atom. The van der Waals surface area contributed by atoms with Gasteiger partial charge in [0.2, 0.25) is 0 Å². The number of hydrogen-bond donors (Lipinski definition) is 1. The van der Waals surface area contributed by atoms with Gasteiger partial charge < -0.3 is 10.0 Å². The Morgan fingerprint density at radius 1 is 1.21 bits per heavy atom. The van der Waals surface area contributed by atoms with Gasteiger partial charge in [-0.15, -0.1) is 0 Å². The Labute approximate surface area is 166 Å². The lowest BCUT2D eigenvalue weighted by Gasteiger charge is -2.31. The predicted molar refractivity (Wildman–Crippen MR) is 104 cm³/mol. The number of nitrogens with zero attached hydrogens (tertiary/aromatic N) is 4. The fourth-order valence-electron chi connectivity index (χ4n) is 3.62. The van der Waals surface area contributed by atoms with Crippen LogP contribution in [-0.4, -0.2) is 49.7 Å². The third kappa shape index (κ3) is 3.71. The summed E-state index contributed by atoms with van der Waals surface area (Å²) in [6.07, 6.45) is 3.43. The molecule has 4 rings (SSSR count). The molecule has 7 nitrogen and oxygen atoms in total. The van der Waals surface area contributed by atoms with Gasteiger partial charge >= 0.3 is 5.97 Å². The van der Waals surface area contributed by atoms with Crippen LogP contribution in [0.3, 0.4) is 0 Å². The minimum atomic E-state index is -0.934. The van der Waals surface area contributed by atoms with Crippen molar-refractivity contribution >= 4 is 34.4 Å². The maximum absolute atomic E-state index is 13.0. The fourth-order valence-corrected chi connectivity index (χ4v) is 3.84. The molecular formula is C20H19ClN4O3. The molecule has 1 atom stereocenters. The molecule has 144 valence electrons. The summed E-state index contributed by atoms with van der Waals surface area (Å²) in [5.41, 5.74) is 1.81. The van der Waals surface area contributed by atoms with Crippen molar-refractivity contribution in [3.05, 3.63) is 59.0 Å². The second-order valence-electron chi connectivity index (χ2n) is 6.93. The highest BCUT2D eigenvalue weighted by Gasteiger charge is 2.27. The second-order valence-corrected chi connectivity index (χ2v) is 7.34. The van der Waals surface area contributed by atoms with Crippen molar-refractivity contribution in [2.75, 3.05) is 13.1 Å². The molecule has 28 heavy (non-hydrogen) atoms. The zero-order chi connectivity index (χ0) is 19.7. The molecule has 8 heteroatoms. The third-order valence-corrected chi connectivity index (χ3v) is 5.28. The molecule has 1 amide bonds. The standard InChI is InChI=1S/C20H19ClN4O3/c21-15-5-1-3-13-6-7-17(22-19(13)15)20(28)24-9-2-4-14(11-24)16-8-10-25(23-16)12-18(26)27/h1,3,5-8,10,14H,2,4,9,11-12H2,(H,26,27)/t14-/m1/s1. The average molecular weight is 399 g/mol. The number of piperidine rings is 1. The van der Waals surface area contributed by atoms with E-state index in [1.807, 2.05) is 24.3 Å². The first-order valence-electron chi connectivity index (χ1n) is 9.11. The first kappa shape index (κ1) is 18.4. The summed E-state index contributed by atoms with van der Waals surface area (Å²) in [4.78, 5) is 30.1. The largest absolute Gasteiger partial charge is 0.480 e. The number of aliphatic carboxylic acids is 1. The van der Waals surface area contributed by atoms with E-state index in [2.05, 4.69) is 10.1 Å². The average Bonchev–Trinajstić information content (AvgIpc) is 3.15. The number of likely N-dealkylation sites (tertiary alicyclic amines) is 1. The van der Waals surface area contributed by atoms with Gasteiger partial charge in [0.25, 0.3) is 5.91 Å². The predicted octanol–water partition coefficient (Wildman–Crippen LogP) is 3.19. The van der Waals surface area contributed by atoms with Gasteiger partial charge in [0.05, 0.1) is 16.2 Å². The van der Waals surface area contributed by atoms with Gasteiger partial charge in [0, 0.05) is 30.6 Å². The quantitative estimate of drug-likeness (QED) is 0.729. The van der Waals surface area contributed by atoms with E-state index >= 15 is 0 Å². The molecule has 1 aromatic carbocycles. The number of rotatable bonds is 4. The zero-order valence-electron chi connectivity index (χ0n) is 15.1. The minimum absolute atomic E-state index is 0.0804. The number of carboxylic acids is 1. The summed E-state index contributed by atoms with van der Waals surface area (Å²) in [6.45, 7) is 1.02. The van der Waals surface area contributed by atoms with Gasteiger partial charge in [-0.2, -0.15) is 5.10 Å². The van der Waals surface area contributed by atoms with Crippen molar-refractivity contribution in [2.24, 2.45) is 0 Å². The molecule has 1 aliphatic rings. The molecule has 0 spiro atoms. The van der Waals surface area contributed by atoms with E-state index in [0.29, 0.717) is 29.3 Å². The number of amides is 1. The summed E-state index contributed by atoms with van der Waals surface area (Å²) >= 11 is 6.22. The van der Waals surface area contributed by atoms with E-state index in [1.54, 1.807) is 23.2 Å². The first-order chi connectivity index (χ1) is 13.5. The molecule has 0 saturated carbocycles. The van der Waals surface area contributed by atoms with Crippen LogP contribution in [0.25, 0.3) is 10.9 Å². The number of pyridine rings is 1. The fraction of sp³-hybridized carbons (Fsp3) is 0.300. The molecule has 1 saturated heterocycles. The van der Waals surface area contributed by atoms with Crippen LogP contribution < -0.4 is 0 Å². The van der Waals surface area contributed by atoms with E-state index in [4.69, 9.17) is 16.7 Å². The molecule has 3 aromatic rings. The summed E-state index contributed by atoms with van der Waals surface area (Å²) in [7, 11) is 0. The Hall–Kier alpha value is -2.93. The number of carbonyl (C=O) groups is 2. The smallest absolute Gasteiger partial charge is 0.325 e. The number of fused-ring (bicyclic) bond motifs is 1. The van der Waals surface area contributed by atoms with Gasteiger partial charge in [-0.05, 0) is 31.0 Å². The highest BCUT2D eigenvalue weighted by Crippen LogP contribution is 2.27. The first-order valence-corrected chi connectivity index (χ1v) is 9.49. The molecule has 1 N–H and O–H groups in total. The summed E-state index contributed by atoms with van der Waals surface area (Å²) < 4.78 is 1.41. The second kappa shape index (κ2) is 7.59. The van der Waals surface area contributed by atoms with Gasteiger partial charge in [0.15, 0.2) is 0 Å². The van der Waals surface area contributed by atoms with E-state index < -0.39 is 5.97 Å². The van der Waals surface area contributed by atoms with Gasteiger partial charge in [0.1, 0.15) is 12.2 Å². The number of hydrogen-bond acceptors (Lipinski definition) is 4. The summed E-state index contributed by atoms with van der Waals surface area (Å²) in [5, 5.41) is 14.7. The number of carbonyl (C=O) groups excluding carboxylic acids is 1. The number of carboxylic acid groups (broad SMARTS) is 1. The van der Waals surface area contributed by atoms with E-state index in [-0.39, 0.29) is 18.4 Å². The van der Waals surface area contributed by atoms with Crippen LogP contribution in [0.5, 0.6) is 0 Å². The van der Waals surface area contributed by atoms with Crippen molar-refractivity contribution in [1.29, 1.82) is 0 Å². The van der Waals surface area contributed by atoms with Crippen molar-refractivity contribution in [3.8, 4) is 0 Å². The molecule has 0 bridgehead atoms. The van der Waals surface area contributed by atoms with Crippen LogP contribution in [0.1, 0.15) is 34.9 Å². The Bertz CT molecular complexity index is 1050. The van der Waals surface area contributed by atoms with Crippen LogP contribution in [0.2, 0.25) is 5.02 Å². The van der Waals surface area contributed by atoms with E-state index in [0.717, 1.165) is 23.9 Å². The minimum Gasteiger partial charge on any atom is -0.480 e. The summed E-state index contributed by atoms with van der Waals surface area (Å²) in [5.74, 6) is -0.982. The van der Waals surface area contributed by atoms with E-state index in [9.17, 15) is 9.59 Å². The molecule has 0 aliphatic carbocycles. The number of aromatic nitrogens is 3. The highest BCUT2D eigenvalue weighted by molar-refractivity contribution is 6.35. The normalized spacial score (nSPS) is 17.0. The molecule has 1 fully saturated rings. The Kier molecular flexibility index (Phi) is 5.00. The van der Waals surface area contributed by atoms with Crippen LogP contribution in [0, 0.1) is 0 Å². The topological polar surface area (TPSA) is 88.3 Å². The van der Waals surface area contributed by atoms with Crippen LogP contribution in [-0.2, 0) is 11.3 Å². The van der Waals surface area contributed by atoms with Gasteiger partial charge in [-0.3, -0.25) is 14.3 Å². The van der Waals surface area contributed by atoms with E-state index in [1.165, 1.54) is 4.68 Å². The summed E-state index contributed by atoms with van der Waals surface area (Å²) in [6, 6.07) is 10.9. The van der Waals surface area contributed by atoms with Crippen LogP contribution >= 0.6 is 11.6 Å². The van der Waals surface area contributed by atoms with Gasteiger partial charge in [-0.25, -0.2) is 4.98 Å². The number of halogens is 1. The Morgan fingerprint density at radius 2 is 2.07 bits per heavy atom. The third-order valence-electron chi connectivity index (χ3n) is 4.98. The lowest BCUT2D eigenvalue weighted by atomic mass is 9.94. The van der Waals surface area contributed by atoms with Crippen molar-refractivity contribution in [2.45, 2.75) is 25.3 Å². The molecular weight excluding hydrogens is 380 g/mol. The molecule has 3 heterocycles. The van der Waals surface area contributed by atoms with Crippen molar-refractivity contribution in [3.63, 3.8) is 0 Å². The Balaban J connectivity index is 1.52. The molecule has 2 aromatic heterocycles. The molecule has 0 unspecified atom stereocenters. The molecule has 1 aliphatic heterocycles. The lowest BCUT2D eigenvalue weighted by Crippen LogP contribution is -2.39. The van der Waals surface area contributed by atoms with Crippen LogP contribution in [0.4, 0.5) is 0 Å². The van der Waals surface area contributed by atoms with Crippen molar-refractivity contribution in [1.82, 2.24) is 19.7 Å². The lowest BCUT2D eigenvalue weighted by molar-refractivity contribution is -0.137. The zero-order valence-corrected chi connectivity index (χ0v) is 15.8. The number of benzene rings is 1. The van der Waals surface area contributed by atoms with Gasteiger partial charge in [-0.1, -0.05) is 29.8 Å². The maximum atomic E-state index is 13.0. The van der Waals surface area contributed by atoms with Crippen molar-refractivity contribution < 1.29 is 14.7 Å². The highest BCUT2D eigenvalue weighted by atomic mass is 35.5. The van der Waals surface area contributed by atoms with Crippen LogP contribution in [0.15, 0.2) is 42.6 Å².